The van der Waals surface area contributed by atoms with Gasteiger partial charge in [-0.25, -0.2) is 13.9 Å². The summed E-state index contributed by atoms with van der Waals surface area (Å²) in [7, 11) is 1.24. The van der Waals surface area contributed by atoms with Gasteiger partial charge in [-0.05, 0) is 23.8 Å². The molecule has 104 valence electrons. The SMILES string of the molecule is COC(=O)c1cc(Cl)c(Cl)n1/N=C/c1ccc(F)cc1. The normalized spacial score (nSPS) is 11.0. The molecule has 0 radical (unpaired) electrons. The summed E-state index contributed by atoms with van der Waals surface area (Å²) >= 11 is 11.8. The number of esters is 1. The third-order valence-corrected chi connectivity index (χ3v) is 3.21. The van der Waals surface area contributed by atoms with Crippen LogP contribution in [-0.2, 0) is 4.74 Å². The van der Waals surface area contributed by atoms with Gasteiger partial charge in [0.05, 0.1) is 18.3 Å². The van der Waals surface area contributed by atoms with E-state index >= 15 is 0 Å². The first-order valence-corrected chi connectivity index (χ1v) is 6.23. The molecule has 0 aliphatic carbocycles. The van der Waals surface area contributed by atoms with Crippen LogP contribution in [0.3, 0.4) is 0 Å². The van der Waals surface area contributed by atoms with Crippen LogP contribution >= 0.6 is 23.2 Å². The van der Waals surface area contributed by atoms with Crippen LogP contribution in [0.15, 0.2) is 35.4 Å². The molecule has 2 rings (SSSR count). The molecule has 7 heteroatoms. The lowest BCUT2D eigenvalue weighted by atomic mass is 10.2. The van der Waals surface area contributed by atoms with Crippen molar-refractivity contribution in [3.05, 3.63) is 57.6 Å². The smallest absolute Gasteiger partial charge is 0.356 e. The third kappa shape index (κ3) is 3.00. The molecule has 20 heavy (non-hydrogen) atoms. The fraction of sp³-hybridized carbons (Fsp3) is 0.0769. The van der Waals surface area contributed by atoms with E-state index < -0.39 is 5.97 Å². The average Bonchev–Trinajstić information content (AvgIpc) is 2.73. The zero-order valence-electron chi connectivity index (χ0n) is 10.3. The van der Waals surface area contributed by atoms with Gasteiger partial charge in [-0.2, -0.15) is 5.10 Å². The Morgan fingerprint density at radius 3 is 2.60 bits per heavy atom. The summed E-state index contributed by atoms with van der Waals surface area (Å²) in [5.41, 5.74) is 0.740. The molecule has 1 aromatic carbocycles. The van der Waals surface area contributed by atoms with Gasteiger partial charge in [-0.3, -0.25) is 0 Å². The van der Waals surface area contributed by atoms with Crippen LogP contribution in [0.4, 0.5) is 4.39 Å². The van der Waals surface area contributed by atoms with Crippen molar-refractivity contribution in [2.75, 3.05) is 7.11 Å². The van der Waals surface area contributed by atoms with E-state index in [1.54, 1.807) is 0 Å². The number of carbonyl (C=O) groups excluding carboxylic acids is 1. The Morgan fingerprint density at radius 2 is 2.00 bits per heavy atom. The highest BCUT2D eigenvalue weighted by atomic mass is 35.5. The van der Waals surface area contributed by atoms with Crippen LogP contribution in [0, 0.1) is 5.82 Å². The standard InChI is InChI=1S/C13H9Cl2FN2O2/c1-20-13(19)11-6-10(14)12(15)18(11)17-7-8-2-4-9(16)5-3-8/h2-7H,1H3/b17-7+. The quantitative estimate of drug-likeness (QED) is 0.641. The number of rotatable bonds is 3. The van der Waals surface area contributed by atoms with Crippen LogP contribution < -0.4 is 0 Å². The minimum atomic E-state index is -0.616. The van der Waals surface area contributed by atoms with Gasteiger partial charge in [-0.1, -0.05) is 35.3 Å². The van der Waals surface area contributed by atoms with Crippen LogP contribution in [0.2, 0.25) is 10.2 Å². The number of nitrogens with zero attached hydrogens (tertiary/aromatic N) is 2. The van der Waals surface area contributed by atoms with Crippen LogP contribution in [0.1, 0.15) is 16.1 Å². The van der Waals surface area contributed by atoms with Crippen LogP contribution in [0.5, 0.6) is 0 Å². The maximum Gasteiger partial charge on any atom is 0.356 e. The summed E-state index contributed by atoms with van der Waals surface area (Å²) in [5.74, 6) is -0.963. The maximum atomic E-state index is 12.8. The molecule has 0 N–H and O–H groups in total. The van der Waals surface area contributed by atoms with Crippen molar-refractivity contribution in [3.8, 4) is 0 Å². The van der Waals surface area contributed by atoms with Crippen molar-refractivity contribution in [1.29, 1.82) is 0 Å². The van der Waals surface area contributed by atoms with Gasteiger partial charge < -0.3 is 4.74 Å². The molecule has 0 atom stereocenters. The third-order valence-electron chi connectivity index (χ3n) is 2.46. The van der Waals surface area contributed by atoms with Crippen LogP contribution in [0.25, 0.3) is 0 Å². The van der Waals surface area contributed by atoms with Gasteiger partial charge in [0.2, 0.25) is 0 Å². The minimum Gasteiger partial charge on any atom is -0.464 e. The van der Waals surface area contributed by atoms with Gasteiger partial charge >= 0.3 is 5.97 Å². The molecule has 0 amide bonds. The number of ether oxygens (including phenoxy) is 1. The first-order valence-electron chi connectivity index (χ1n) is 5.48. The summed E-state index contributed by atoms with van der Waals surface area (Å²) in [6.07, 6.45) is 1.42. The van der Waals surface area contributed by atoms with Crippen LogP contribution in [-0.4, -0.2) is 24.0 Å². The molecular weight excluding hydrogens is 306 g/mol. The summed E-state index contributed by atoms with van der Waals surface area (Å²) in [5, 5.41) is 4.32. The predicted octanol–water partition coefficient (Wildman–Crippen LogP) is 3.60. The number of hydrogen-bond donors (Lipinski definition) is 0. The molecule has 0 saturated carbocycles. The van der Waals surface area contributed by atoms with E-state index in [-0.39, 0.29) is 21.7 Å². The molecular formula is C13H9Cl2FN2O2. The molecule has 0 unspecified atom stereocenters. The molecule has 2 aromatic rings. The number of halogens is 3. The number of methoxy groups -OCH3 is 1. The minimum absolute atomic E-state index is 0.0884. The van der Waals surface area contributed by atoms with Crippen molar-refractivity contribution >= 4 is 35.4 Å². The number of aromatic nitrogens is 1. The second-order valence-electron chi connectivity index (χ2n) is 3.77. The predicted molar refractivity (Wildman–Crippen MR) is 75.2 cm³/mol. The Morgan fingerprint density at radius 1 is 1.35 bits per heavy atom. The highest BCUT2D eigenvalue weighted by molar-refractivity contribution is 6.41. The largest absolute Gasteiger partial charge is 0.464 e. The molecule has 0 fully saturated rings. The van der Waals surface area contributed by atoms with Crippen molar-refractivity contribution in [2.24, 2.45) is 5.10 Å². The number of benzene rings is 1. The average molecular weight is 315 g/mol. The molecule has 0 aliphatic heterocycles. The summed E-state index contributed by atoms with van der Waals surface area (Å²) in [6, 6.07) is 7.03. The molecule has 1 heterocycles. The van der Waals surface area contributed by atoms with E-state index in [0.29, 0.717) is 5.56 Å². The van der Waals surface area contributed by atoms with Gasteiger partial charge in [0.15, 0.2) is 5.69 Å². The van der Waals surface area contributed by atoms with Gasteiger partial charge in [0, 0.05) is 0 Å². The first kappa shape index (κ1) is 14.6. The van der Waals surface area contributed by atoms with Crippen molar-refractivity contribution < 1.29 is 13.9 Å². The summed E-state index contributed by atoms with van der Waals surface area (Å²) in [4.78, 5) is 11.6. The van der Waals surface area contributed by atoms with E-state index in [4.69, 9.17) is 23.2 Å². The van der Waals surface area contributed by atoms with Gasteiger partial charge in [0.25, 0.3) is 0 Å². The maximum absolute atomic E-state index is 12.8. The van der Waals surface area contributed by atoms with Crippen molar-refractivity contribution in [2.45, 2.75) is 0 Å². The zero-order chi connectivity index (χ0) is 14.7. The van der Waals surface area contributed by atoms with Gasteiger partial charge in [0.1, 0.15) is 11.0 Å². The lowest BCUT2D eigenvalue weighted by Gasteiger charge is -2.02. The molecule has 4 nitrogen and oxygen atoms in total. The first-order chi connectivity index (χ1) is 9.52. The molecule has 0 spiro atoms. The second kappa shape index (κ2) is 6.07. The highest BCUT2D eigenvalue weighted by Crippen LogP contribution is 2.26. The van der Waals surface area contributed by atoms with Crippen molar-refractivity contribution in [3.63, 3.8) is 0 Å². The Kier molecular flexibility index (Phi) is 4.42. The summed E-state index contributed by atoms with van der Waals surface area (Å²) < 4.78 is 18.5. The van der Waals surface area contributed by atoms with E-state index in [9.17, 15) is 9.18 Å². The Balaban J connectivity index is 2.37. The van der Waals surface area contributed by atoms with E-state index in [2.05, 4.69) is 9.84 Å². The molecule has 0 aliphatic rings. The Hall–Kier alpha value is -1.85. The van der Waals surface area contributed by atoms with E-state index in [1.807, 2.05) is 0 Å². The lowest BCUT2D eigenvalue weighted by molar-refractivity contribution is 0.0589. The van der Waals surface area contributed by atoms with E-state index in [1.165, 1.54) is 43.7 Å². The molecule has 0 saturated heterocycles. The number of carbonyl (C=O) groups is 1. The number of hydrogen-bond acceptors (Lipinski definition) is 3. The van der Waals surface area contributed by atoms with Crippen molar-refractivity contribution in [1.82, 2.24) is 4.68 Å². The lowest BCUT2D eigenvalue weighted by Crippen LogP contribution is -2.07. The Labute approximate surface area is 124 Å². The van der Waals surface area contributed by atoms with E-state index in [0.717, 1.165) is 4.68 Å². The Bertz CT molecular complexity index is 666. The topological polar surface area (TPSA) is 43.6 Å². The summed E-state index contributed by atoms with van der Waals surface area (Å²) in [6.45, 7) is 0. The molecule has 1 aromatic heterocycles. The monoisotopic (exact) mass is 314 g/mol. The fourth-order valence-corrected chi connectivity index (χ4v) is 1.86. The molecule has 0 bridgehead atoms. The van der Waals surface area contributed by atoms with Gasteiger partial charge in [-0.15, -0.1) is 0 Å². The highest BCUT2D eigenvalue weighted by Gasteiger charge is 2.18. The second-order valence-corrected chi connectivity index (χ2v) is 4.53. The zero-order valence-corrected chi connectivity index (χ0v) is 11.8. The fourth-order valence-electron chi connectivity index (χ4n) is 1.48.